The van der Waals surface area contributed by atoms with Crippen molar-refractivity contribution in [3.63, 3.8) is 0 Å². The summed E-state index contributed by atoms with van der Waals surface area (Å²) in [4.78, 5) is 22.1. The molecule has 0 fully saturated rings. The number of nitro groups is 1. The number of nitro benzene ring substituents is 1. The van der Waals surface area contributed by atoms with Crippen molar-refractivity contribution >= 4 is 29.3 Å². The Bertz CT molecular complexity index is 864. The molecule has 0 saturated carbocycles. The number of benzene rings is 1. The van der Waals surface area contributed by atoms with Gasteiger partial charge in [0, 0.05) is 17.2 Å². The van der Waals surface area contributed by atoms with Crippen molar-refractivity contribution in [2.75, 3.05) is 6.61 Å². The number of ether oxygens (including phenoxy) is 1. The van der Waals surface area contributed by atoms with Gasteiger partial charge >= 0.3 is 5.97 Å². The highest BCUT2D eigenvalue weighted by atomic mass is 35.5. The Morgan fingerprint density at radius 3 is 2.83 bits per heavy atom. The lowest BCUT2D eigenvalue weighted by Gasteiger charge is -2.00. The van der Waals surface area contributed by atoms with Gasteiger partial charge in [0.2, 0.25) is 0 Å². The lowest BCUT2D eigenvalue weighted by Crippen LogP contribution is -2.05. The molecule has 0 saturated heterocycles. The Kier molecular flexibility index (Phi) is 5.35. The van der Waals surface area contributed by atoms with Crippen LogP contribution in [0.2, 0.25) is 5.02 Å². The highest BCUT2D eigenvalue weighted by Gasteiger charge is 2.19. The van der Waals surface area contributed by atoms with Crippen LogP contribution in [0.25, 0.3) is 17.4 Å². The molecule has 0 unspecified atom stereocenters. The first-order valence-corrected chi connectivity index (χ1v) is 7.17. The quantitative estimate of drug-likeness (QED) is 0.266. The van der Waals surface area contributed by atoms with Crippen LogP contribution in [-0.2, 0) is 9.53 Å². The van der Waals surface area contributed by atoms with Crippen LogP contribution in [0.4, 0.5) is 5.69 Å². The Balaban J connectivity index is 2.40. The molecule has 0 aliphatic rings. The van der Waals surface area contributed by atoms with Crippen molar-refractivity contribution in [1.82, 2.24) is 0 Å². The monoisotopic (exact) mass is 346 g/mol. The molecule has 0 radical (unpaired) electrons. The first-order valence-electron chi connectivity index (χ1n) is 6.79. The SMILES string of the molecule is CCOC(=O)C(C#N)=Cc1ccc(-c2ccc(Cl)cc2[N+](=O)[O-])o1. The Hall–Kier alpha value is -3.11. The fourth-order valence-corrected chi connectivity index (χ4v) is 2.09. The molecule has 2 aromatic rings. The summed E-state index contributed by atoms with van der Waals surface area (Å²) in [5.74, 6) is -0.361. The summed E-state index contributed by atoms with van der Waals surface area (Å²) in [7, 11) is 0. The van der Waals surface area contributed by atoms with E-state index < -0.39 is 10.9 Å². The molecule has 0 aliphatic heterocycles. The van der Waals surface area contributed by atoms with Gasteiger partial charge in [0.15, 0.2) is 0 Å². The molecule has 0 aliphatic carbocycles. The molecule has 24 heavy (non-hydrogen) atoms. The molecule has 2 rings (SSSR count). The van der Waals surface area contributed by atoms with Crippen molar-refractivity contribution in [1.29, 1.82) is 5.26 Å². The number of esters is 1. The van der Waals surface area contributed by atoms with Crippen molar-refractivity contribution in [2.45, 2.75) is 6.92 Å². The summed E-state index contributed by atoms with van der Waals surface area (Å²) in [5.41, 5.74) is -0.208. The number of hydrogen-bond donors (Lipinski definition) is 0. The van der Waals surface area contributed by atoms with Crippen LogP contribution in [-0.4, -0.2) is 17.5 Å². The second kappa shape index (κ2) is 7.44. The van der Waals surface area contributed by atoms with Crippen LogP contribution in [0.15, 0.2) is 40.3 Å². The maximum atomic E-state index is 11.6. The van der Waals surface area contributed by atoms with Gasteiger partial charge in [-0.3, -0.25) is 10.1 Å². The Labute approximate surface area is 141 Å². The number of carbonyl (C=O) groups is 1. The lowest BCUT2D eigenvalue weighted by atomic mass is 10.1. The van der Waals surface area contributed by atoms with E-state index in [1.54, 1.807) is 13.0 Å². The third-order valence-corrected chi connectivity index (χ3v) is 3.19. The fourth-order valence-electron chi connectivity index (χ4n) is 1.93. The van der Waals surface area contributed by atoms with E-state index in [2.05, 4.69) is 0 Å². The summed E-state index contributed by atoms with van der Waals surface area (Å²) in [6.07, 6.45) is 1.21. The van der Waals surface area contributed by atoms with Gasteiger partial charge in [-0.05, 0) is 31.2 Å². The minimum Gasteiger partial charge on any atom is -0.462 e. The molecule has 0 bridgehead atoms. The van der Waals surface area contributed by atoms with E-state index in [-0.39, 0.29) is 40.0 Å². The van der Waals surface area contributed by atoms with Gasteiger partial charge in [-0.2, -0.15) is 5.26 Å². The van der Waals surface area contributed by atoms with E-state index in [0.29, 0.717) is 0 Å². The fraction of sp³-hybridized carbons (Fsp3) is 0.125. The van der Waals surface area contributed by atoms with E-state index in [1.165, 1.54) is 36.4 Å². The van der Waals surface area contributed by atoms with Crippen LogP contribution in [0, 0.1) is 21.4 Å². The minimum absolute atomic E-state index is 0.137. The number of rotatable bonds is 5. The summed E-state index contributed by atoms with van der Waals surface area (Å²) >= 11 is 5.77. The topological polar surface area (TPSA) is 106 Å². The second-order valence-electron chi connectivity index (χ2n) is 4.51. The maximum Gasteiger partial charge on any atom is 0.349 e. The number of nitrogens with zero attached hydrogens (tertiary/aromatic N) is 2. The molecule has 8 heteroatoms. The van der Waals surface area contributed by atoms with Gasteiger partial charge in [-0.25, -0.2) is 4.79 Å². The third kappa shape index (κ3) is 3.80. The highest BCUT2D eigenvalue weighted by Crippen LogP contribution is 2.33. The highest BCUT2D eigenvalue weighted by molar-refractivity contribution is 6.30. The average Bonchev–Trinajstić information content (AvgIpc) is 3.01. The number of hydrogen-bond acceptors (Lipinski definition) is 6. The van der Waals surface area contributed by atoms with E-state index in [0.717, 1.165) is 0 Å². The number of halogens is 1. The molecule has 1 aromatic carbocycles. The number of carbonyl (C=O) groups excluding carboxylic acids is 1. The lowest BCUT2D eigenvalue weighted by molar-refractivity contribution is -0.384. The molecular weight excluding hydrogens is 336 g/mol. The summed E-state index contributed by atoms with van der Waals surface area (Å²) < 4.78 is 10.2. The Morgan fingerprint density at radius 2 is 2.21 bits per heavy atom. The second-order valence-corrected chi connectivity index (χ2v) is 4.95. The molecule has 0 atom stereocenters. The van der Waals surface area contributed by atoms with E-state index in [9.17, 15) is 14.9 Å². The third-order valence-electron chi connectivity index (χ3n) is 2.95. The smallest absolute Gasteiger partial charge is 0.349 e. The summed E-state index contributed by atoms with van der Waals surface area (Å²) in [5, 5.41) is 20.3. The van der Waals surface area contributed by atoms with Gasteiger partial charge in [-0.15, -0.1) is 0 Å². The van der Waals surface area contributed by atoms with Gasteiger partial charge < -0.3 is 9.15 Å². The molecule has 122 valence electrons. The molecule has 1 aromatic heterocycles. The van der Waals surface area contributed by atoms with Crippen molar-refractivity contribution in [3.05, 3.63) is 56.8 Å². The van der Waals surface area contributed by atoms with E-state index in [1.807, 2.05) is 0 Å². The largest absolute Gasteiger partial charge is 0.462 e. The van der Waals surface area contributed by atoms with Crippen molar-refractivity contribution in [3.8, 4) is 17.4 Å². The molecule has 0 N–H and O–H groups in total. The Morgan fingerprint density at radius 1 is 1.46 bits per heavy atom. The zero-order chi connectivity index (χ0) is 17.7. The van der Waals surface area contributed by atoms with Crippen molar-refractivity contribution in [2.24, 2.45) is 0 Å². The van der Waals surface area contributed by atoms with Crippen LogP contribution in [0.3, 0.4) is 0 Å². The predicted octanol–water partition coefficient (Wildman–Crippen LogP) is 3.98. The first kappa shape index (κ1) is 17.2. The van der Waals surface area contributed by atoms with E-state index in [4.69, 9.17) is 26.0 Å². The predicted molar refractivity (Wildman–Crippen MR) is 86.0 cm³/mol. The molecule has 0 spiro atoms. The zero-order valence-electron chi connectivity index (χ0n) is 12.5. The average molecular weight is 347 g/mol. The minimum atomic E-state index is -0.768. The normalized spacial score (nSPS) is 11.0. The summed E-state index contributed by atoms with van der Waals surface area (Å²) in [6, 6.07) is 8.89. The molecular formula is C16H11ClN2O5. The van der Waals surface area contributed by atoms with Gasteiger partial charge in [0.05, 0.1) is 17.1 Å². The van der Waals surface area contributed by atoms with Crippen LogP contribution >= 0.6 is 11.6 Å². The molecule has 1 heterocycles. The number of furan rings is 1. The van der Waals surface area contributed by atoms with Gasteiger partial charge in [0.25, 0.3) is 5.69 Å². The first-order chi connectivity index (χ1) is 11.5. The van der Waals surface area contributed by atoms with Crippen LogP contribution < -0.4 is 0 Å². The maximum absolute atomic E-state index is 11.6. The standard InChI is InChI=1S/C16H11ClN2O5/c1-2-23-16(20)10(9-18)7-12-4-6-15(24-12)13-5-3-11(17)8-14(13)19(21)22/h3-8H,2H2,1H3. The molecule has 7 nitrogen and oxygen atoms in total. The van der Waals surface area contributed by atoms with Crippen LogP contribution in [0.1, 0.15) is 12.7 Å². The molecule has 0 amide bonds. The van der Waals surface area contributed by atoms with Gasteiger partial charge in [-0.1, -0.05) is 11.6 Å². The van der Waals surface area contributed by atoms with Gasteiger partial charge in [0.1, 0.15) is 23.2 Å². The number of nitriles is 1. The van der Waals surface area contributed by atoms with E-state index >= 15 is 0 Å². The van der Waals surface area contributed by atoms with Crippen molar-refractivity contribution < 1.29 is 18.9 Å². The van der Waals surface area contributed by atoms with Crippen LogP contribution in [0.5, 0.6) is 0 Å². The zero-order valence-corrected chi connectivity index (χ0v) is 13.2. The summed E-state index contributed by atoms with van der Waals surface area (Å²) in [6.45, 7) is 1.76.